The number of anilines is 1. The van der Waals surface area contributed by atoms with Gasteiger partial charge < -0.3 is 20.5 Å². The van der Waals surface area contributed by atoms with Gasteiger partial charge >= 0.3 is 6.18 Å². The molecule has 0 bridgehead atoms. The summed E-state index contributed by atoms with van der Waals surface area (Å²) in [4.78, 5) is 7.66. The number of rotatable bonds is 6. The largest absolute Gasteiger partial charge is 0.495 e. The van der Waals surface area contributed by atoms with E-state index in [1.165, 1.54) is 0 Å². The number of methoxy groups -OCH3 is 1. The molecule has 6 nitrogen and oxygen atoms in total. The van der Waals surface area contributed by atoms with Crippen LogP contribution in [0, 0.1) is 0 Å². The van der Waals surface area contributed by atoms with Crippen LogP contribution in [0.4, 0.5) is 18.9 Å². The molecule has 0 fully saturated rings. The SMILES string of the molecule is COc1ccccc1NC(N)=NCCOc1ccc(C(F)(F)F)cn1. The van der Waals surface area contributed by atoms with Gasteiger partial charge in [-0.1, -0.05) is 12.1 Å². The van der Waals surface area contributed by atoms with Gasteiger partial charge in [0.05, 0.1) is 24.9 Å². The maximum atomic E-state index is 12.4. The lowest BCUT2D eigenvalue weighted by atomic mass is 10.3. The third-order valence-electron chi connectivity index (χ3n) is 3.06. The summed E-state index contributed by atoms with van der Waals surface area (Å²) in [5.41, 5.74) is 5.60. The van der Waals surface area contributed by atoms with E-state index in [9.17, 15) is 13.2 Å². The van der Waals surface area contributed by atoms with E-state index >= 15 is 0 Å². The van der Waals surface area contributed by atoms with Gasteiger partial charge in [-0.2, -0.15) is 13.2 Å². The minimum Gasteiger partial charge on any atom is -0.495 e. The molecule has 0 aliphatic rings. The van der Waals surface area contributed by atoms with Crippen LogP contribution in [0.3, 0.4) is 0 Å². The molecule has 0 aliphatic heterocycles. The van der Waals surface area contributed by atoms with Crippen molar-refractivity contribution in [1.82, 2.24) is 4.98 Å². The molecule has 0 saturated carbocycles. The first kappa shape index (κ1) is 18.4. The highest BCUT2D eigenvalue weighted by Gasteiger charge is 2.30. The van der Waals surface area contributed by atoms with Gasteiger partial charge in [0.1, 0.15) is 12.4 Å². The molecule has 1 aromatic carbocycles. The van der Waals surface area contributed by atoms with Crippen molar-refractivity contribution in [1.29, 1.82) is 0 Å². The Morgan fingerprint density at radius 3 is 2.64 bits per heavy atom. The van der Waals surface area contributed by atoms with E-state index in [4.69, 9.17) is 15.2 Å². The van der Waals surface area contributed by atoms with Crippen LogP contribution < -0.4 is 20.5 Å². The normalized spacial score (nSPS) is 11.9. The van der Waals surface area contributed by atoms with E-state index in [0.717, 1.165) is 18.3 Å². The summed E-state index contributed by atoms with van der Waals surface area (Å²) in [6.45, 7) is 0.323. The van der Waals surface area contributed by atoms with E-state index in [1.807, 2.05) is 12.1 Å². The van der Waals surface area contributed by atoms with Crippen molar-refractivity contribution in [3.8, 4) is 11.6 Å². The number of hydrogen-bond donors (Lipinski definition) is 2. The Balaban J connectivity index is 1.82. The van der Waals surface area contributed by atoms with Crippen molar-refractivity contribution in [3.63, 3.8) is 0 Å². The highest BCUT2D eigenvalue weighted by Crippen LogP contribution is 2.29. The number of pyridine rings is 1. The van der Waals surface area contributed by atoms with Crippen molar-refractivity contribution in [2.75, 3.05) is 25.6 Å². The lowest BCUT2D eigenvalue weighted by Crippen LogP contribution is -2.24. The number of aromatic nitrogens is 1. The zero-order chi connectivity index (χ0) is 18.3. The zero-order valence-corrected chi connectivity index (χ0v) is 13.4. The van der Waals surface area contributed by atoms with Crippen LogP contribution in [-0.2, 0) is 6.18 Å². The van der Waals surface area contributed by atoms with Crippen LogP contribution in [0.2, 0.25) is 0 Å². The number of hydrogen-bond acceptors (Lipinski definition) is 4. The fourth-order valence-corrected chi connectivity index (χ4v) is 1.88. The fraction of sp³-hybridized carbons (Fsp3) is 0.250. The molecular formula is C16H17F3N4O2. The van der Waals surface area contributed by atoms with Crippen LogP contribution in [0.25, 0.3) is 0 Å². The molecule has 0 amide bonds. The van der Waals surface area contributed by atoms with Gasteiger partial charge in [0.25, 0.3) is 0 Å². The standard InChI is InChI=1S/C16H17F3N4O2/c1-24-13-5-3-2-4-12(13)23-15(20)21-8-9-25-14-7-6-11(10-22-14)16(17,18)19/h2-7,10H,8-9H2,1H3,(H3,20,21,23). The van der Waals surface area contributed by atoms with Gasteiger partial charge in [-0.25, -0.2) is 9.98 Å². The smallest absolute Gasteiger partial charge is 0.417 e. The highest BCUT2D eigenvalue weighted by atomic mass is 19.4. The molecule has 9 heteroatoms. The predicted octanol–water partition coefficient (Wildman–Crippen LogP) is 2.91. The Kier molecular flexibility index (Phi) is 6.04. The number of guanidine groups is 1. The molecule has 0 atom stereocenters. The maximum absolute atomic E-state index is 12.4. The molecule has 1 aromatic heterocycles. The molecular weight excluding hydrogens is 337 g/mol. The number of benzene rings is 1. The second-order valence-electron chi connectivity index (χ2n) is 4.82. The number of ether oxygens (including phenoxy) is 2. The topological polar surface area (TPSA) is 81.8 Å². The molecule has 0 radical (unpaired) electrons. The van der Waals surface area contributed by atoms with Gasteiger partial charge in [0.2, 0.25) is 5.88 Å². The lowest BCUT2D eigenvalue weighted by Gasteiger charge is -2.10. The third kappa shape index (κ3) is 5.55. The summed E-state index contributed by atoms with van der Waals surface area (Å²) < 4.78 is 47.7. The Morgan fingerprint density at radius 2 is 2.00 bits per heavy atom. The Labute approximate surface area is 142 Å². The van der Waals surface area contributed by atoms with Crippen LogP contribution in [0.5, 0.6) is 11.6 Å². The maximum Gasteiger partial charge on any atom is 0.417 e. The summed E-state index contributed by atoms with van der Waals surface area (Å²) >= 11 is 0. The summed E-state index contributed by atoms with van der Waals surface area (Å²) in [5, 5.41) is 2.89. The number of nitrogens with two attached hydrogens (primary N) is 1. The minimum absolute atomic E-state index is 0.0828. The van der Waals surface area contributed by atoms with Crippen LogP contribution >= 0.6 is 0 Å². The Bertz CT molecular complexity index is 718. The first-order valence-electron chi connectivity index (χ1n) is 7.26. The Morgan fingerprint density at radius 1 is 1.24 bits per heavy atom. The van der Waals surface area contributed by atoms with Crippen LogP contribution in [0.1, 0.15) is 5.56 Å². The molecule has 0 saturated heterocycles. The summed E-state index contributed by atoms with van der Waals surface area (Å²) in [6, 6.07) is 9.25. The van der Waals surface area contributed by atoms with E-state index in [2.05, 4.69) is 15.3 Å². The molecule has 0 spiro atoms. The van der Waals surface area contributed by atoms with Crippen LogP contribution in [0.15, 0.2) is 47.6 Å². The van der Waals surface area contributed by atoms with Gasteiger partial charge in [0, 0.05) is 12.3 Å². The number of nitrogens with one attached hydrogen (secondary N) is 1. The number of para-hydroxylation sites is 2. The van der Waals surface area contributed by atoms with E-state index < -0.39 is 11.7 Å². The van der Waals surface area contributed by atoms with E-state index in [0.29, 0.717) is 11.4 Å². The minimum atomic E-state index is -4.42. The van der Waals surface area contributed by atoms with E-state index in [1.54, 1.807) is 19.2 Å². The van der Waals surface area contributed by atoms with Crippen molar-refractivity contribution in [3.05, 3.63) is 48.2 Å². The van der Waals surface area contributed by atoms with Crippen molar-refractivity contribution < 1.29 is 22.6 Å². The van der Waals surface area contributed by atoms with Crippen molar-refractivity contribution in [2.45, 2.75) is 6.18 Å². The average molecular weight is 354 g/mol. The molecule has 134 valence electrons. The second-order valence-corrected chi connectivity index (χ2v) is 4.82. The zero-order valence-electron chi connectivity index (χ0n) is 13.4. The quantitative estimate of drug-likeness (QED) is 0.474. The highest BCUT2D eigenvalue weighted by molar-refractivity contribution is 5.93. The Hall–Kier alpha value is -2.97. The monoisotopic (exact) mass is 354 g/mol. The second kappa shape index (κ2) is 8.22. The van der Waals surface area contributed by atoms with Crippen LogP contribution in [-0.4, -0.2) is 31.2 Å². The summed E-state index contributed by atoms with van der Waals surface area (Å²) in [5.74, 6) is 0.860. The number of halogens is 3. The molecule has 2 aromatic rings. The predicted molar refractivity (Wildman–Crippen MR) is 87.8 cm³/mol. The summed E-state index contributed by atoms with van der Waals surface area (Å²) in [6.07, 6.45) is -3.70. The molecule has 0 aliphatic carbocycles. The molecule has 0 unspecified atom stereocenters. The molecule has 3 N–H and O–H groups in total. The lowest BCUT2D eigenvalue weighted by molar-refractivity contribution is -0.137. The third-order valence-corrected chi connectivity index (χ3v) is 3.06. The average Bonchev–Trinajstić information content (AvgIpc) is 2.59. The fourth-order valence-electron chi connectivity index (χ4n) is 1.88. The number of alkyl halides is 3. The molecule has 1 heterocycles. The van der Waals surface area contributed by atoms with Crippen molar-refractivity contribution in [2.24, 2.45) is 10.7 Å². The van der Waals surface area contributed by atoms with Crippen molar-refractivity contribution >= 4 is 11.6 Å². The van der Waals surface area contributed by atoms with Gasteiger partial charge in [0.15, 0.2) is 5.96 Å². The molecule has 25 heavy (non-hydrogen) atoms. The first-order chi connectivity index (χ1) is 11.9. The van der Waals surface area contributed by atoms with Gasteiger partial charge in [-0.3, -0.25) is 0 Å². The molecule has 2 rings (SSSR count). The van der Waals surface area contributed by atoms with Gasteiger partial charge in [-0.05, 0) is 18.2 Å². The van der Waals surface area contributed by atoms with E-state index in [-0.39, 0.29) is 25.0 Å². The first-order valence-corrected chi connectivity index (χ1v) is 7.26. The van der Waals surface area contributed by atoms with Gasteiger partial charge in [-0.15, -0.1) is 0 Å². The number of aliphatic imine (C=N–C) groups is 1. The summed E-state index contributed by atoms with van der Waals surface area (Å²) in [7, 11) is 1.54. The number of nitrogens with zero attached hydrogens (tertiary/aromatic N) is 2.